The third kappa shape index (κ3) is 4.52. The first-order valence-corrected chi connectivity index (χ1v) is 8.03. The van der Waals surface area contributed by atoms with Gasteiger partial charge >= 0.3 is 0 Å². The first-order valence-electron chi connectivity index (χ1n) is 8.03. The van der Waals surface area contributed by atoms with Gasteiger partial charge in [-0.1, -0.05) is 0 Å². The van der Waals surface area contributed by atoms with E-state index >= 15 is 0 Å². The topological polar surface area (TPSA) is 71.1 Å². The summed E-state index contributed by atoms with van der Waals surface area (Å²) in [7, 11) is 0. The Morgan fingerprint density at radius 1 is 0.926 bits per heavy atom. The standard InChI is InChI=1S/C20H15F2N3O2/c1-12(26)13-2-6-16(7-3-13)24-20(27)14-4-9-19(23-11-14)25-18-8-5-15(21)10-17(18)22/h2-11H,1H3,(H,23,25)(H,24,27). The summed E-state index contributed by atoms with van der Waals surface area (Å²) in [5.74, 6) is -1.54. The third-order valence-corrected chi connectivity index (χ3v) is 3.77. The van der Waals surface area contributed by atoms with Crippen LogP contribution in [0.15, 0.2) is 60.8 Å². The summed E-state index contributed by atoms with van der Waals surface area (Å²) in [4.78, 5) is 27.6. The Morgan fingerprint density at radius 3 is 2.22 bits per heavy atom. The van der Waals surface area contributed by atoms with Gasteiger partial charge in [-0.3, -0.25) is 9.59 Å². The van der Waals surface area contributed by atoms with Gasteiger partial charge in [0.05, 0.1) is 11.3 Å². The molecule has 27 heavy (non-hydrogen) atoms. The average molecular weight is 367 g/mol. The Labute approximate surface area is 154 Å². The average Bonchev–Trinajstić information content (AvgIpc) is 2.65. The largest absolute Gasteiger partial charge is 0.338 e. The molecule has 7 heteroatoms. The summed E-state index contributed by atoms with van der Waals surface area (Å²) in [6.07, 6.45) is 1.34. The maximum atomic E-state index is 13.6. The van der Waals surface area contributed by atoms with Crippen LogP contribution >= 0.6 is 0 Å². The molecular formula is C20H15F2N3O2. The number of carbonyl (C=O) groups excluding carboxylic acids is 2. The molecule has 3 aromatic rings. The number of rotatable bonds is 5. The fourth-order valence-corrected chi connectivity index (χ4v) is 2.32. The molecule has 0 saturated carbocycles. The summed E-state index contributed by atoms with van der Waals surface area (Å²) in [5.41, 5.74) is 1.47. The number of carbonyl (C=O) groups is 2. The summed E-state index contributed by atoms with van der Waals surface area (Å²) >= 11 is 0. The van der Waals surface area contributed by atoms with Crippen LogP contribution in [0.2, 0.25) is 0 Å². The van der Waals surface area contributed by atoms with Crippen molar-refractivity contribution in [1.29, 1.82) is 0 Å². The van der Waals surface area contributed by atoms with Gasteiger partial charge in [0.25, 0.3) is 5.91 Å². The van der Waals surface area contributed by atoms with E-state index in [2.05, 4.69) is 15.6 Å². The van der Waals surface area contributed by atoms with Gasteiger partial charge in [-0.2, -0.15) is 0 Å². The SMILES string of the molecule is CC(=O)c1ccc(NC(=O)c2ccc(Nc3ccc(F)cc3F)nc2)cc1. The number of aromatic nitrogens is 1. The number of hydrogen-bond donors (Lipinski definition) is 2. The highest BCUT2D eigenvalue weighted by Crippen LogP contribution is 2.20. The predicted molar refractivity (Wildman–Crippen MR) is 98.3 cm³/mol. The number of nitrogens with one attached hydrogen (secondary N) is 2. The zero-order valence-electron chi connectivity index (χ0n) is 14.3. The van der Waals surface area contributed by atoms with E-state index < -0.39 is 11.6 Å². The van der Waals surface area contributed by atoms with Crippen LogP contribution in [0.5, 0.6) is 0 Å². The molecule has 0 unspecified atom stereocenters. The molecule has 0 aliphatic heterocycles. The van der Waals surface area contributed by atoms with Crippen molar-refractivity contribution in [2.45, 2.75) is 6.92 Å². The van der Waals surface area contributed by atoms with Crippen LogP contribution in [0, 0.1) is 11.6 Å². The van der Waals surface area contributed by atoms with Gasteiger partial charge in [-0.15, -0.1) is 0 Å². The molecular weight excluding hydrogens is 352 g/mol. The zero-order chi connectivity index (χ0) is 19.4. The molecule has 0 aliphatic rings. The quantitative estimate of drug-likeness (QED) is 0.649. The number of halogens is 2. The minimum absolute atomic E-state index is 0.0576. The summed E-state index contributed by atoms with van der Waals surface area (Å²) in [6.45, 7) is 1.46. The van der Waals surface area contributed by atoms with E-state index in [0.717, 1.165) is 12.1 Å². The van der Waals surface area contributed by atoms with Crippen molar-refractivity contribution in [2.75, 3.05) is 10.6 Å². The molecule has 0 aliphatic carbocycles. The fourth-order valence-electron chi connectivity index (χ4n) is 2.32. The van der Waals surface area contributed by atoms with E-state index in [1.54, 1.807) is 24.3 Å². The summed E-state index contributed by atoms with van der Waals surface area (Å²) in [6, 6.07) is 12.7. The second-order valence-corrected chi connectivity index (χ2v) is 5.77. The van der Waals surface area contributed by atoms with Crippen molar-refractivity contribution in [1.82, 2.24) is 4.98 Å². The summed E-state index contributed by atoms with van der Waals surface area (Å²) in [5, 5.41) is 5.41. The number of Topliss-reactive ketones (excluding diaryl/α,β-unsaturated/α-hetero) is 1. The van der Waals surface area contributed by atoms with Gasteiger partial charge in [0, 0.05) is 23.5 Å². The number of amides is 1. The van der Waals surface area contributed by atoms with Crippen LogP contribution in [0.1, 0.15) is 27.6 Å². The molecule has 3 rings (SSSR count). The Balaban J connectivity index is 1.67. The number of benzene rings is 2. The van der Waals surface area contributed by atoms with E-state index in [4.69, 9.17) is 0 Å². The van der Waals surface area contributed by atoms with Gasteiger partial charge < -0.3 is 10.6 Å². The van der Waals surface area contributed by atoms with Crippen molar-refractivity contribution < 1.29 is 18.4 Å². The first kappa shape index (κ1) is 18.2. The lowest BCUT2D eigenvalue weighted by atomic mass is 10.1. The summed E-state index contributed by atoms with van der Waals surface area (Å²) < 4.78 is 26.6. The van der Waals surface area contributed by atoms with Crippen LogP contribution in [-0.4, -0.2) is 16.7 Å². The molecule has 0 radical (unpaired) electrons. The molecule has 0 spiro atoms. The number of anilines is 3. The van der Waals surface area contributed by atoms with Crippen molar-refractivity contribution in [2.24, 2.45) is 0 Å². The van der Waals surface area contributed by atoms with E-state index in [0.29, 0.717) is 22.6 Å². The zero-order valence-corrected chi connectivity index (χ0v) is 14.3. The highest BCUT2D eigenvalue weighted by Gasteiger charge is 2.09. The van der Waals surface area contributed by atoms with Crippen molar-refractivity contribution in [3.63, 3.8) is 0 Å². The van der Waals surface area contributed by atoms with Crippen molar-refractivity contribution >= 4 is 28.9 Å². The van der Waals surface area contributed by atoms with Crippen molar-refractivity contribution in [3.05, 3.63) is 83.6 Å². The van der Waals surface area contributed by atoms with Gasteiger partial charge in [-0.25, -0.2) is 13.8 Å². The highest BCUT2D eigenvalue weighted by molar-refractivity contribution is 6.04. The van der Waals surface area contributed by atoms with Crippen molar-refractivity contribution in [3.8, 4) is 0 Å². The minimum atomic E-state index is -0.743. The lowest BCUT2D eigenvalue weighted by Crippen LogP contribution is -2.12. The second kappa shape index (κ2) is 7.74. The van der Waals surface area contributed by atoms with E-state index in [1.807, 2.05) is 0 Å². The van der Waals surface area contributed by atoms with Gasteiger partial charge in [0.2, 0.25) is 0 Å². The number of ketones is 1. The smallest absolute Gasteiger partial charge is 0.257 e. The fraction of sp³-hybridized carbons (Fsp3) is 0.0500. The molecule has 5 nitrogen and oxygen atoms in total. The molecule has 1 aromatic heterocycles. The van der Waals surface area contributed by atoms with E-state index in [-0.39, 0.29) is 17.4 Å². The molecule has 0 atom stereocenters. The van der Waals surface area contributed by atoms with E-state index in [9.17, 15) is 18.4 Å². The molecule has 2 aromatic carbocycles. The van der Waals surface area contributed by atoms with Crippen LogP contribution in [0.25, 0.3) is 0 Å². The molecule has 2 N–H and O–H groups in total. The lowest BCUT2D eigenvalue weighted by Gasteiger charge is -2.08. The molecule has 136 valence electrons. The van der Waals surface area contributed by atoms with Crippen LogP contribution in [0.4, 0.5) is 26.0 Å². The number of pyridine rings is 1. The monoisotopic (exact) mass is 367 g/mol. The second-order valence-electron chi connectivity index (χ2n) is 5.77. The molecule has 1 amide bonds. The number of hydrogen-bond acceptors (Lipinski definition) is 4. The highest BCUT2D eigenvalue weighted by atomic mass is 19.1. The molecule has 1 heterocycles. The number of nitrogens with zero attached hydrogens (tertiary/aromatic N) is 1. The van der Waals surface area contributed by atoms with Gasteiger partial charge in [-0.05, 0) is 55.5 Å². The Morgan fingerprint density at radius 2 is 1.63 bits per heavy atom. The normalized spacial score (nSPS) is 10.3. The van der Waals surface area contributed by atoms with Crippen LogP contribution in [0.3, 0.4) is 0 Å². The third-order valence-electron chi connectivity index (χ3n) is 3.77. The van der Waals surface area contributed by atoms with Gasteiger partial charge in [0.15, 0.2) is 5.78 Å². The minimum Gasteiger partial charge on any atom is -0.338 e. The maximum absolute atomic E-state index is 13.6. The van der Waals surface area contributed by atoms with E-state index in [1.165, 1.54) is 31.3 Å². The van der Waals surface area contributed by atoms with Crippen LogP contribution < -0.4 is 10.6 Å². The Bertz CT molecular complexity index is 987. The predicted octanol–water partition coefficient (Wildman–Crippen LogP) is 4.56. The van der Waals surface area contributed by atoms with Gasteiger partial charge in [0.1, 0.15) is 17.5 Å². The van der Waals surface area contributed by atoms with Crippen LogP contribution in [-0.2, 0) is 0 Å². The molecule has 0 bridgehead atoms. The first-order chi connectivity index (χ1) is 12.9. The lowest BCUT2D eigenvalue weighted by molar-refractivity contribution is 0.101. The molecule has 0 saturated heterocycles. The molecule has 0 fully saturated rings. The maximum Gasteiger partial charge on any atom is 0.257 e. The Hall–Kier alpha value is -3.61. The Kier molecular flexibility index (Phi) is 5.21.